The second-order valence-electron chi connectivity index (χ2n) is 7.33. The number of ether oxygens (including phenoxy) is 2. The summed E-state index contributed by atoms with van der Waals surface area (Å²) in [6, 6.07) is 6.01. The third-order valence-corrected chi connectivity index (χ3v) is 5.86. The highest BCUT2D eigenvalue weighted by atomic mass is 32.2. The Morgan fingerprint density at radius 3 is 2.61 bits per heavy atom. The Hall–Kier alpha value is -0.890. The molecule has 1 aromatic carbocycles. The van der Waals surface area contributed by atoms with Crippen LogP contribution in [0, 0.1) is 0 Å². The van der Waals surface area contributed by atoms with Crippen molar-refractivity contribution in [1.82, 2.24) is 4.90 Å². The molecule has 28 heavy (non-hydrogen) atoms. The van der Waals surface area contributed by atoms with Gasteiger partial charge in [0.1, 0.15) is 11.8 Å². The van der Waals surface area contributed by atoms with E-state index in [1.54, 1.807) is 11.8 Å². The zero-order chi connectivity index (χ0) is 21.1. The van der Waals surface area contributed by atoms with Crippen LogP contribution >= 0.6 is 24.4 Å². The fourth-order valence-electron chi connectivity index (χ4n) is 3.05. The molecule has 0 saturated carbocycles. The van der Waals surface area contributed by atoms with Crippen molar-refractivity contribution in [1.29, 1.82) is 0 Å². The predicted octanol–water partition coefficient (Wildman–Crippen LogP) is 3.56. The van der Waals surface area contributed by atoms with Gasteiger partial charge in [-0.05, 0) is 61.1 Å². The average molecular weight is 429 g/mol. The zero-order valence-corrected chi connectivity index (χ0v) is 19.5. The Morgan fingerprint density at radius 2 is 2.04 bits per heavy atom. The number of carbonyl (C=O) groups is 1. The molecule has 0 saturated heterocycles. The van der Waals surface area contributed by atoms with Gasteiger partial charge in [0.2, 0.25) is 0 Å². The normalized spacial score (nSPS) is 13.6. The fourth-order valence-corrected chi connectivity index (χ4v) is 3.70. The minimum absolute atomic E-state index is 0.0427. The molecule has 0 heterocycles. The van der Waals surface area contributed by atoms with Gasteiger partial charge in [-0.2, -0.15) is 24.4 Å². The fraction of sp³-hybridized carbons (Fsp3) is 0.667. The van der Waals surface area contributed by atoms with Gasteiger partial charge in [-0.25, -0.2) is 0 Å². The van der Waals surface area contributed by atoms with Crippen molar-refractivity contribution < 1.29 is 14.3 Å². The number of thiol groups is 1. The van der Waals surface area contributed by atoms with Crippen molar-refractivity contribution >= 4 is 30.4 Å². The maximum atomic E-state index is 12.3. The highest BCUT2D eigenvalue weighted by Gasteiger charge is 2.24. The molecule has 1 aromatic rings. The third-order valence-electron chi connectivity index (χ3n) is 4.75. The molecule has 0 fully saturated rings. The van der Waals surface area contributed by atoms with Gasteiger partial charge in [-0.1, -0.05) is 19.9 Å². The summed E-state index contributed by atoms with van der Waals surface area (Å²) < 4.78 is 10.9. The number of thioether (sulfide) groups is 1. The lowest BCUT2D eigenvalue weighted by molar-refractivity contribution is -0.146. The first kappa shape index (κ1) is 25.1. The van der Waals surface area contributed by atoms with Gasteiger partial charge in [0.05, 0.1) is 13.7 Å². The van der Waals surface area contributed by atoms with Crippen LogP contribution in [-0.4, -0.2) is 61.5 Å². The minimum atomic E-state index is -0.254. The van der Waals surface area contributed by atoms with Crippen LogP contribution < -0.4 is 10.5 Å². The molecule has 5 nitrogen and oxygen atoms in total. The SMILES string of the molecule is COC(=O)C(CCSC)N(C)Cc1cc(OCCC(N)CS)ccc1C(C)C. The molecule has 2 N–H and O–H groups in total. The van der Waals surface area contributed by atoms with Crippen LogP contribution in [0.3, 0.4) is 0 Å². The van der Waals surface area contributed by atoms with Crippen molar-refractivity contribution in [3.05, 3.63) is 29.3 Å². The minimum Gasteiger partial charge on any atom is -0.494 e. The van der Waals surface area contributed by atoms with E-state index in [0.29, 0.717) is 24.8 Å². The lowest BCUT2D eigenvalue weighted by atomic mass is 9.96. The van der Waals surface area contributed by atoms with Crippen LogP contribution in [0.25, 0.3) is 0 Å². The number of methoxy groups -OCH3 is 1. The van der Waals surface area contributed by atoms with Crippen LogP contribution in [0.1, 0.15) is 43.7 Å². The Kier molecular flexibility index (Phi) is 12.0. The van der Waals surface area contributed by atoms with Crippen molar-refractivity contribution in [2.75, 3.05) is 38.5 Å². The van der Waals surface area contributed by atoms with E-state index in [1.807, 2.05) is 19.4 Å². The van der Waals surface area contributed by atoms with Crippen LogP contribution in [-0.2, 0) is 16.1 Å². The van der Waals surface area contributed by atoms with Gasteiger partial charge < -0.3 is 15.2 Å². The molecule has 0 bridgehead atoms. The van der Waals surface area contributed by atoms with Crippen LogP contribution in [0.5, 0.6) is 5.75 Å². The maximum absolute atomic E-state index is 12.3. The second-order valence-corrected chi connectivity index (χ2v) is 8.68. The highest BCUT2D eigenvalue weighted by molar-refractivity contribution is 7.98. The molecule has 0 aliphatic rings. The van der Waals surface area contributed by atoms with Gasteiger partial charge in [0.15, 0.2) is 0 Å². The van der Waals surface area contributed by atoms with Crippen LogP contribution in [0.4, 0.5) is 0 Å². The van der Waals surface area contributed by atoms with E-state index >= 15 is 0 Å². The van der Waals surface area contributed by atoms with E-state index in [9.17, 15) is 4.79 Å². The van der Waals surface area contributed by atoms with Crippen molar-refractivity contribution in [2.45, 2.75) is 51.2 Å². The summed E-state index contributed by atoms with van der Waals surface area (Å²) >= 11 is 5.94. The number of hydrogen-bond donors (Lipinski definition) is 2. The molecular weight excluding hydrogens is 392 g/mol. The van der Waals surface area contributed by atoms with Crippen molar-refractivity contribution in [3.8, 4) is 5.75 Å². The van der Waals surface area contributed by atoms with Crippen LogP contribution in [0.2, 0.25) is 0 Å². The van der Waals surface area contributed by atoms with Gasteiger partial charge in [-0.15, -0.1) is 0 Å². The summed E-state index contributed by atoms with van der Waals surface area (Å²) in [5.74, 6) is 2.60. The number of hydrogen-bond acceptors (Lipinski definition) is 7. The van der Waals surface area contributed by atoms with E-state index in [4.69, 9.17) is 15.2 Å². The maximum Gasteiger partial charge on any atom is 0.323 e. The highest BCUT2D eigenvalue weighted by Crippen LogP contribution is 2.26. The molecular formula is C21H36N2O3S2. The largest absolute Gasteiger partial charge is 0.494 e. The molecule has 0 radical (unpaired) electrons. The number of nitrogens with zero attached hydrogens (tertiary/aromatic N) is 1. The number of carbonyl (C=O) groups excluding carboxylic acids is 1. The number of esters is 1. The molecule has 0 amide bonds. The number of benzene rings is 1. The topological polar surface area (TPSA) is 64.8 Å². The van der Waals surface area contributed by atoms with Gasteiger partial charge >= 0.3 is 5.97 Å². The summed E-state index contributed by atoms with van der Waals surface area (Å²) in [6.45, 7) is 5.58. The van der Waals surface area contributed by atoms with E-state index in [2.05, 4.69) is 43.5 Å². The molecule has 1 rings (SSSR count). The zero-order valence-electron chi connectivity index (χ0n) is 17.8. The smallest absolute Gasteiger partial charge is 0.323 e. The van der Waals surface area contributed by atoms with E-state index < -0.39 is 0 Å². The monoisotopic (exact) mass is 428 g/mol. The Labute approximate surface area is 180 Å². The lowest BCUT2D eigenvalue weighted by Crippen LogP contribution is -2.39. The summed E-state index contributed by atoms with van der Waals surface area (Å²) in [5.41, 5.74) is 8.34. The number of nitrogens with two attached hydrogens (primary N) is 1. The van der Waals surface area contributed by atoms with E-state index in [0.717, 1.165) is 24.3 Å². The molecule has 160 valence electrons. The molecule has 2 atom stereocenters. The molecule has 0 aliphatic carbocycles. The Morgan fingerprint density at radius 1 is 1.32 bits per heavy atom. The van der Waals surface area contributed by atoms with Gasteiger partial charge in [0, 0.05) is 18.3 Å². The van der Waals surface area contributed by atoms with E-state index in [-0.39, 0.29) is 18.1 Å². The van der Waals surface area contributed by atoms with Gasteiger partial charge in [0.25, 0.3) is 0 Å². The van der Waals surface area contributed by atoms with Crippen LogP contribution in [0.15, 0.2) is 18.2 Å². The quantitative estimate of drug-likeness (QED) is 0.370. The molecule has 0 aromatic heterocycles. The Balaban J connectivity index is 2.94. The summed E-state index contributed by atoms with van der Waals surface area (Å²) in [4.78, 5) is 14.3. The average Bonchev–Trinajstić information content (AvgIpc) is 2.67. The van der Waals surface area contributed by atoms with Crippen molar-refractivity contribution in [2.24, 2.45) is 5.73 Å². The summed E-state index contributed by atoms with van der Waals surface area (Å²) in [5, 5.41) is 0. The molecule has 0 aliphatic heterocycles. The molecule has 2 unspecified atom stereocenters. The lowest BCUT2D eigenvalue weighted by Gasteiger charge is -2.27. The molecule has 7 heteroatoms. The number of rotatable bonds is 13. The second kappa shape index (κ2) is 13.4. The molecule has 0 spiro atoms. The third kappa shape index (κ3) is 8.23. The summed E-state index contributed by atoms with van der Waals surface area (Å²) in [7, 11) is 3.43. The van der Waals surface area contributed by atoms with Gasteiger partial charge in [-0.3, -0.25) is 9.69 Å². The van der Waals surface area contributed by atoms with Crippen molar-refractivity contribution in [3.63, 3.8) is 0 Å². The standard InChI is InChI=1S/C21H36N2O3S2/c1-15(2)19-7-6-18(26-10-8-17(22)14-27)12-16(19)13-23(3)20(9-11-28-5)21(24)25-4/h6-7,12,15,17,20,27H,8-11,13-14,22H2,1-5H3. The summed E-state index contributed by atoms with van der Waals surface area (Å²) in [6.07, 6.45) is 3.58. The number of likely N-dealkylation sites (N-methyl/N-ethyl adjacent to an activating group) is 1. The first-order valence-corrected chi connectivity index (χ1v) is 11.8. The first-order valence-electron chi connectivity index (χ1n) is 9.73. The van der Waals surface area contributed by atoms with E-state index in [1.165, 1.54) is 18.2 Å². The Bertz CT molecular complexity index is 599. The predicted molar refractivity (Wildman–Crippen MR) is 123 cm³/mol. The first-order chi connectivity index (χ1) is 13.3.